The Bertz CT molecular complexity index is 277. The first-order chi connectivity index (χ1) is 9.27. The van der Waals surface area contributed by atoms with E-state index >= 15 is 0 Å². The molecule has 4 heteroatoms. The zero-order valence-electron chi connectivity index (χ0n) is 12.3. The molecular formula is C15H29N3O. The molecule has 2 saturated heterocycles. The minimum absolute atomic E-state index is 0.0580. The van der Waals surface area contributed by atoms with Crippen LogP contribution >= 0.6 is 0 Å². The van der Waals surface area contributed by atoms with E-state index in [0.29, 0.717) is 0 Å². The van der Waals surface area contributed by atoms with Crippen LogP contribution in [-0.2, 0) is 4.79 Å². The Labute approximate surface area is 117 Å². The number of nitrogens with zero attached hydrogens (tertiary/aromatic N) is 1. The van der Waals surface area contributed by atoms with Crippen LogP contribution < -0.4 is 10.6 Å². The summed E-state index contributed by atoms with van der Waals surface area (Å²) in [5.41, 5.74) is 0. The highest BCUT2D eigenvalue weighted by molar-refractivity contribution is 5.81. The van der Waals surface area contributed by atoms with E-state index in [9.17, 15) is 4.79 Å². The zero-order chi connectivity index (χ0) is 13.5. The maximum absolute atomic E-state index is 11.9. The second-order valence-corrected chi connectivity index (χ2v) is 6.03. The lowest BCUT2D eigenvalue weighted by Gasteiger charge is -2.33. The molecule has 19 heavy (non-hydrogen) atoms. The van der Waals surface area contributed by atoms with Gasteiger partial charge in [-0.1, -0.05) is 12.8 Å². The first kappa shape index (κ1) is 14.8. The average Bonchev–Trinajstić information content (AvgIpc) is 2.46. The van der Waals surface area contributed by atoms with Crippen molar-refractivity contribution in [1.29, 1.82) is 0 Å². The maximum atomic E-state index is 11.9. The Balaban J connectivity index is 1.56. The minimum Gasteiger partial charge on any atom is -0.355 e. The summed E-state index contributed by atoms with van der Waals surface area (Å²) in [4.78, 5) is 14.5. The first-order valence-corrected chi connectivity index (χ1v) is 8.02. The largest absolute Gasteiger partial charge is 0.355 e. The predicted octanol–water partition coefficient (Wildman–Crippen LogP) is 1.51. The van der Waals surface area contributed by atoms with Gasteiger partial charge in [-0.2, -0.15) is 0 Å². The fourth-order valence-corrected chi connectivity index (χ4v) is 3.18. The summed E-state index contributed by atoms with van der Waals surface area (Å²) >= 11 is 0. The summed E-state index contributed by atoms with van der Waals surface area (Å²) in [6.07, 6.45) is 8.49. The monoisotopic (exact) mass is 267 g/mol. The van der Waals surface area contributed by atoms with Gasteiger partial charge in [-0.25, -0.2) is 0 Å². The summed E-state index contributed by atoms with van der Waals surface area (Å²) < 4.78 is 0. The Morgan fingerprint density at radius 2 is 2.11 bits per heavy atom. The number of amides is 1. The van der Waals surface area contributed by atoms with Gasteiger partial charge in [-0.15, -0.1) is 0 Å². The Morgan fingerprint density at radius 3 is 2.84 bits per heavy atom. The molecule has 0 radical (unpaired) electrons. The molecule has 0 aliphatic carbocycles. The normalized spacial score (nSPS) is 29.1. The van der Waals surface area contributed by atoms with Crippen LogP contribution in [0.25, 0.3) is 0 Å². The van der Waals surface area contributed by atoms with Crippen molar-refractivity contribution in [3.63, 3.8) is 0 Å². The quantitative estimate of drug-likeness (QED) is 0.742. The van der Waals surface area contributed by atoms with Gasteiger partial charge in [0.2, 0.25) is 5.91 Å². The van der Waals surface area contributed by atoms with Crippen LogP contribution in [-0.4, -0.2) is 49.1 Å². The molecule has 0 aromatic carbocycles. The molecule has 0 saturated carbocycles. The Kier molecular flexibility index (Phi) is 6.11. The van der Waals surface area contributed by atoms with Crippen LogP contribution in [0.4, 0.5) is 0 Å². The Hall–Kier alpha value is -0.610. The van der Waals surface area contributed by atoms with E-state index < -0.39 is 0 Å². The molecule has 2 aliphatic heterocycles. The highest BCUT2D eigenvalue weighted by atomic mass is 16.2. The van der Waals surface area contributed by atoms with Gasteiger partial charge in [0.05, 0.1) is 6.04 Å². The van der Waals surface area contributed by atoms with Crippen molar-refractivity contribution in [3.05, 3.63) is 0 Å². The van der Waals surface area contributed by atoms with E-state index in [1.54, 1.807) is 0 Å². The number of hydrogen-bond acceptors (Lipinski definition) is 3. The van der Waals surface area contributed by atoms with Crippen LogP contribution in [0.3, 0.4) is 0 Å². The maximum Gasteiger partial charge on any atom is 0.237 e. The number of likely N-dealkylation sites (tertiary alicyclic amines) is 1. The molecule has 2 rings (SSSR count). The van der Waals surface area contributed by atoms with Crippen molar-refractivity contribution >= 4 is 5.91 Å². The van der Waals surface area contributed by atoms with Crippen molar-refractivity contribution in [2.75, 3.05) is 26.2 Å². The minimum atomic E-state index is 0.0580. The van der Waals surface area contributed by atoms with Crippen molar-refractivity contribution in [1.82, 2.24) is 15.5 Å². The van der Waals surface area contributed by atoms with Gasteiger partial charge in [0.1, 0.15) is 0 Å². The van der Waals surface area contributed by atoms with E-state index in [0.717, 1.165) is 38.5 Å². The van der Waals surface area contributed by atoms with Gasteiger partial charge < -0.3 is 15.5 Å². The molecule has 1 unspecified atom stereocenters. The number of carbonyl (C=O) groups is 1. The van der Waals surface area contributed by atoms with Gasteiger partial charge in [0, 0.05) is 19.1 Å². The average molecular weight is 267 g/mol. The standard InChI is InChI=1S/C15H29N3O/c1-13-7-3-5-11-18(13)12-6-10-17-15(19)14-8-2-4-9-16-14/h13-14,16H,2-12H2,1H3,(H,17,19)/t13?,14-/m0/s1. The molecule has 0 spiro atoms. The highest BCUT2D eigenvalue weighted by Crippen LogP contribution is 2.16. The Morgan fingerprint density at radius 1 is 1.26 bits per heavy atom. The summed E-state index contributed by atoms with van der Waals surface area (Å²) in [6.45, 7) is 6.49. The SMILES string of the molecule is CC1CCCCN1CCCNC(=O)[C@@H]1CCCCN1. The second-order valence-electron chi connectivity index (χ2n) is 6.03. The van der Waals surface area contributed by atoms with Gasteiger partial charge in [-0.05, 0) is 52.1 Å². The van der Waals surface area contributed by atoms with Crippen LogP contribution in [0.1, 0.15) is 51.9 Å². The molecule has 2 aliphatic rings. The van der Waals surface area contributed by atoms with Gasteiger partial charge >= 0.3 is 0 Å². The van der Waals surface area contributed by atoms with E-state index in [4.69, 9.17) is 0 Å². The van der Waals surface area contributed by atoms with Crippen LogP contribution in [0.2, 0.25) is 0 Å². The molecule has 2 heterocycles. The number of nitrogens with one attached hydrogen (secondary N) is 2. The second kappa shape index (κ2) is 7.85. The van der Waals surface area contributed by atoms with Crippen molar-refractivity contribution in [2.45, 2.75) is 64.0 Å². The summed E-state index contributed by atoms with van der Waals surface area (Å²) in [5.74, 6) is 0.200. The third-order valence-electron chi connectivity index (χ3n) is 4.49. The summed E-state index contributed by atoms with van der Waals surface area (Å²) in [7, 11) is 0. The molecule has 110 valence electrons. The number of rotatable bonds is 5. The van der Waals surface area contributed by atoms with E-state index in [1.165, 1.54) is 38.6 Å². The molecule has 2 N–H and O–H groups in total. The third-order valence-corrected chi connectivity index (χ3v) is 4.49. The molecule has 2 atom stereocenters. The first-order valence-electron chi connectivity index (χ1n) is 8.02. The molecular weight excluding hydrogens is 238 g/mol. The fourth-order valence-electron chi connectivity index (χ4n) is 3.18. The van der Waals surface area contributed by atoms with Gasteiger partial charge in [0.15, 0.2) is 0 Å². The molecule has 4 nitrogen and oxygen atoms in total. The zero-order valence-corrected chi connectivity index (χ0v) is 12.3. The number of carbonyl (C=O) groups excluding carboxylic acids is 1. The molecule has 2 fully saturated rings. The fraction of sp³-hybridized carbons (Fsp3) is 0.933. The lowest BCUT2D eigenvalue weighted by molar-refractivity contribution is -0.123. The highest BCUT2D eigenvalue weighted by Gasteiger charge is 2.20. The molecule has 0 aromatic heterocycles. The smallest absolute Gasteiger partial charge is 0.237 e. The van der Waals surface area contributed by atoms with E-state index in [-0.39, 0.29) is 11.9 Å². The molecule has 0 aromatic rings. The van der Waals surface area contributed by atoms with Crippen LogP contribution in [0.15, 0.2) is 0 Å². The van der Waals surface area contributed by atoms with E-state index in [2.05, 4.69) is 22.5 Å². The summed E-state index contributed by atoms with van der Waals surface area (Å²) in [6, 6.07) is 0.784. The molecule has 1 amide bonds. The van der Waals surface area contributed by atoms with Crippen LogP contribution in [0, 0.1) is 0 Å². The molecule has 0 bridgehead atoms. The van der Waals surface area contributed by atoms with Crippen LogP contribution in [0.5, 0.6) is 0 Å². The van der Waals surface area contributed by atoms with Gasteiger partial charge in [-0.3, -0.25) is 4.79 Å². The lowest BCUT2D eigenvalue weighted by Crippen LogP contribution is -2.47. The van der Waals surface area contributed by atoms with Crippen molar-refractivity contribution in [3.8, 4) is 0 Å². The van der Waals surface area contributed by atoms with E-state index in [1.807, 2.05) is 0 Å². The number of piperidine rings is 2. The predicted molar refractivity (Wildman–Crippen MR) is 78.2 cm³/mol. The third kappa shape index (κ3) is 4.77. The van der Waals surface area contributed by atoms with Gasteiger partial charge in [0.25, 0.3) is 0 Å². The van der Waals surface area contributed by atoms with Crippen molar-refractivity contribution in [2.24, 2.45) is 0 Å². The topological polar surface area (TPSA) is 44.4 Å². The van der Waals surface area contributed by atoms with Crippen molar-refractivity contribution < 1.29 is 4.79 Å². The lowest BCUT2D eigenvalue weighted by atomic mass is 10.0. The summed E-state index contributed by atoms with van der Waals surface area (Å²) in [5, 5.41) is 6.37. The number of hydrogen-bond donors (Lipinski definition) is 2.